The predicted molar refractivity (Wildman–Crippen MR) is 71.4 cm³/mol. The normalized spacial score (nSPS) is 27.5. The van der Waals surface area contributed by atoms with Crippen LogP contribution >= 0.6 is 11.8 Å². The summed E-state index contributed by atoms with van der Waals surface area (Å²) in [6.07, 6.45) is 6.43. The van der Waals surface area contributed by atoms with Crippen LogP contribution < -0.4 is 5.73 Å². The number of nitrogens with two attached hydrogens (primary N) is 1. The Balaban J connectivity index is 1.73. The van der Waals surface area contributed by atoms with Gasteiger partial charge < -0.3 is 10.5 Å². The molecule has 0 aromatic carbocycles. The zero-order valence-corrected chi connectivity index (χ0v) is 11.4. The van der Waals surface area contributed by atoms with Crippen molar-refractivity contribution in [3.63, 3.8) is 0 Å². The van der Waals surface area contributed by atoms with Crippen LogP contribution in [-0.2, 0) is 11.3 Å². The van der Waals surface area contributed by atoms with Gasteiger partial charge in [-0.05, 0) is 37.2 Å². The smallest absolute Gasteiger partial charge is 0.0962 e. The first-order valence-corrected chi connectivity index (χ1v) is 7.79. The Labute approximate surface area is 111 Å². The Morgan fingerprint density at radius 1 is 1.50 bits per heavy atom. The van der Waals surface area contributed by atoms with Gasteiger partial charge in [0.05, 0.1) is 23.5 Å². The molecule has 1 unspecified atom stereocenters. The Bertz CT molecular complexity index is 397. The van der Waals surface area contributed by atoms with Crippen molar-refractivity contribution in [2.75, 3.05) is 18.1 Å². The van der Waals surface area contributed by atoms with Gasteiger partial charge in [-0.15, -0.1) is 5.10 Å². The van der Waals surface area contributed by atoms with Crippen LogP contribution in [0.25, 0.3) is 0 Å². The third-order valence-electron chi connectivity index (χ3n) is 4.01. The van der Waals surface area contributed by atoms with Crippen molar-refractivity contribution < 1.29 is 4.74 Å². The molecule has 0 saturated carbocycles. The molecule has 0 bridgehead atoms. The van der Waals surface area contributed by atoms with Gasteiger partial charge in [-0.1, -0.05) is 5.21 Å². The molecule has 0 radical (unpaired) electrons. The van der Waals surface area contributed by atoms with Crippen molar-refractivity contribution in [1.82, 2.24) is 15.0 Å². The Hall–Kier alpha value is -0.590. The third-order valence-corrected chi connectivity index (χ3v) is 5.00. The summed E-state index contributed by atoms with van der Waals surface area (Å²) in [5, 5.41) is 8.30. The van der Waals surface area contributed by atoms with Crippen LogP contribution in [-0.4, -0.2) is 38.7 Å². The van der Waals surface area contributed by atoms with Crippen molar-refractivity contribution in [1.29, 1.82) is 0 Å². The molecule has 100 valence electrons. The standard InChI is InChI=1S/C12H20N4OS/c13-8-10-9-16(15-14-10)11-1-4-17-12(7-11)2-5-18-6-3-12/h9,11H,1-8,13H2. The Morgan fingerprint density at radius 3 is 3.06 bits per heavy atom. The molecule has 0 amide bonds. The first-order valence-electron chi connectivity index (χ1n) is 6.64. The summed E-state index contributed by atoms with van der Waals surface area (Å²) < 4.78 is 8.09. The molecule has 18 heavy (non-hydrogen) atoms. The average Bonchev–Trinajstić information content (AvgIpc) is 2.88. The van der Waals surface area contributed by atoms with Crippen LogP contribution in [0.3, 0.4) is 0 Å². The van der Waals surface area contributed by atoms with E-state index in [2.05, 4.69) is 10.3 Å². The molecule has 2 N–H and O–H groups in total. The van der Waals surface area contributed by atoms with Gasteiger partial charge in [0.15, 0.2) is 0 Å². The lowest BCUT2D eigenvalue weighted by molar-refractivity contribution is -0.100. The molecule has 2 saturated heterocycles. The number of nitrogens with zero attached hydrogens (tertiary/aromatic N) is 3. The van der Waals surface area contributed by atoms with E-state index in [1.807, 2.05) is 22.6 Å². The van der Waals surface area contributed by atoms with Crippen molar-refractivity contribution in [2.45, 2.75) is 43.9 Å². The highest BCUT2D eigenvalue weighted by atomic mass is 32.2. The monoisotopic (exact) mass is 268 g/mol. The highest BCUT2D eigenvalue weighted by Crippen LogP contribution is 2.41. The van der Waals surface area contributed by atoms with Gasteiger partial charge in [-0.25, -0.2) is 4.68 Å². The number of thioether (sulfide) groups is 1. The second kappa shape index (κ2) is 5.19. The summed E-state index contributed by atoms with van der Waals surface area (Å²) in [4.78, 5) is 0. The van der Waals surface area contributed by atoms with E-state index < -0.39 is 0 Å². The molecule has 2 aliphatic rings. The molecular weight excluding hydrogens is 248 g/mol. The van der Waals surface area contributed by atoms with Crippen LogP contribution in [0.1, 0.15) is 37.4 Å². The van der Waals surface area contributed by atoms with E-state index in [4.69, 9.17) is 10.5 Å². The van der Waals surface area contributed by atoms with Crippen molar-refractivity contribution in [2.24, 2.45) is 5.73 Å². The van der Waals surface area contributed by atoms with E-state index in [-0.39, 0.29) is 5.60 Å². The minimum absolute atomic E-state index is 0.100. The summed E-state index contributed by atoms with van der Waals surface area (Å²) in [5.74, 6) is 2.44. The zero-order chi connectivity index (χ0) is 12.4. The fourth-order valence-electron chi connectivity index (χ4n) is 2.90. The molecule has 0 aliphatic carbocycles. The highest BCUT2D eigenvalue weighted by molar-refractivity contribution is 7.99. The van der Waals surface area contributed by atoms with Gasteiger partial charge in [0.25, 0.3) is 0 Å². The van der Waals surface area contributed by atoms with Crippen LogP contribution in [0.4, 0.5) is 0 Å². The summed E-state index contributed by atoms with van der Waals surface area (Å²) in [6, 6.07) is 0.426. The first kappa shape index (κ1) is 12.4. The molecule has 1 spiro atoms. The minimum Gasteiger partial charge on any atom is -0.375 e. The van der Waals surface area contributed by atoms with Gasteiger partial charge in [0.2, 0.25) is 0 Å². The van der Waals surface area contributed by atoms with E-state index in [1.165, 1.54) is 24.3 Å². The SMILES string of the molecule is NCc1cn(C2CCOC3(CCSCC3)C2)nn1. The molecule has 6 heteroatoms. The lowest BCUT2D eigenvalue weighted by Crippen LogP contribution is -2.43. The largest absolute Gasteiger partial charge is 0.375 e. The summed E-state index contributed by atoms with van der Waals surface area (Å²) in [6.45, 7) is 1.30. The van der Waals surface area contributed by atoms with Crippen molar-refractivity contribution in [3.8, 4) is 0 Å². The van der Waals surface area contributed by atoms with Crippen LogP contribution in [0, 0.1) is 0 Å². The van der Waals surface area contributed by atoms with Gasteiger partial charge in [-0.2, -0.15) is 11.8 Å². The number of hydrogen-bond donors (Lipinski definition) is 1. The molecule has 5 nitrogen and oxygen atoms in total. The van der Waals surface area contributed by atoms with Gasteiger partial charge >= 0.3 is 0 Å². The number of rotatable bonds is 2. The number of aromatic nitrogens is 3. The van der Waals surface area contributed by atoms with Crippen LogP contribution in [0.5, 0.6) is 0 Å². The molecule has 1 aromatic rings. The Morgan fingerprint density at radius 2 is 2.33 bits per heavy atom. The molecule has 3 heterocycles. The fourth-order valence-corrected chi connectivity index (χ4v) is 4.14. The van der Waals surface area contributed by atoms with E-state index in [1.54, 1.807) is 0 Å². The molecule has 2 aliphatic heterocycles. The maximum Gasteiger partial charge on any atom is 0.0962 e. The number of ether oxygens (including phenoxy) is 1. The van der Waals surface area contributed by atoms with Gasteiger partial charge in [0.1, 0.15) is 0 Å². The van der Waals surface area contributed by atoms with Gasteiger partial charge in [-0.3, -0.25) is 0 Å². The molecule has 3 rings (SSSR count). The highest BCUT2D eigenvalue weighted by Gasteiger charge is 2.39. The predicted octanol–water partition coefficient (Wildman–Crippen LogP) is 1.35. The number of hydrogen-bond acceptors (Lipinski definition) is 5. The maximum absolute atomic E-state index is 6.09. The van der Waals surface area contributed by atoms with Crippen molar-refractivity contribution >= 4 is 11.8 Å². The average molecular weight is 268 g/mol. The van der Waals surface area contributed by atoms with Gasteiger partial charge in [0, 0.05) is 13.2 Å². The first-order chi connectivity index (χ1) is 8.81. The van der Waals surface area contributed by atoms with E-state index >= 15 is 0 Å². The second-order valence-electron chi connectivity index (χ2n) is 5.18. The fraction of sp³-hybridized carbons (Fsp3) is 0.833. The Kier molecular flexibility index (Phi) is 3.59. The second-order valence-corrected chi connectivity index (χ2v) is 6.41. The zero-order valence-electron chi connectivity index (χ0n) is 10.5. The van der Waals surface area contributed by atoms with E-state index in [9.17, 15) is 0 Å². The topological polar surface area (TPSA) is 66.0 Å². The molecule has 2 fully saturated rings. The molecule has 1 atom stereocenters. The van der Waals surface area contributed by atoms with Crippen LogP contribution in [0.15, 0.2) is 6.20 Å². The van der Waals surface area contributed by atoms with E-state index in [0.29, 0.717) is 12.6 Å². The minimum atomic E-state index is 0.100. The summed E-state index contributed by atoms with van der Waals surface area (Å²) >= 11 is 2.04. The molecular formula is C12H20N4OS. The van der Waals surface area contributed by atoms with Crippen molar-refractivity contribution in [3.05, 3.63) is 11.9 Å². The molecule has 1 aromatic heterocycles. The maximum atomic E-state index is 6.09. The van der Waals surface area contributed by atoms with Crippen LogP contribution in [0.2, 0.25) is 0 Å². The third kappa shape index (κ3) is 2.41. The lowest BCUT2D eigenvalue weighted by atomic mass is 9.85. The summed E-state index contributed by atoms with van der Waals surface area (Å²) in [7, 11) is 0. The van der Waals surface area contributed by atoms with E-state index in [0.717, 1.165) is 25.1 Å². The quantitative estimate of drug-likeness (QED) is 0.877. The summed E-state index contributed by atoms with van der Waals surface area (Å²) in [5.41, 5.74) is 6.56. The lowest BCUT2D eigenvalue weighted by Gasteiger charge is -2.43.